The highest BCUT2D eigenvalue weighted by atomic mass is 32.1. The largest absolute Gasteiger partial charge is 0.143 e. The van der Waals surface area contributed by atoms with Crippen LogP contribution in [0.2, 0.25) is 0 Å². The summed E-state index contributed by atoms with van der Waals surface area (Å²) >= 11 is 7.67. The van der Waals surface area contributed by atoms with Crippen molar-refractivity contribution in [3.63, 3.8) is 0 Å². The van der Waals surface area contributed by atoms with Gasteiger partial charge in [-0.1, -0.05) is 24.3 Å². The Kier molecular flexibility index (Phi) is 3.27. The van der Waals surface area contributed by atoms with Crippen molar-refractivity contribution in [3.05, 3.63) is 81.5 Å². The van der Waals surface area contributed by atoms with Crippen LogP contribution < -0.4 is 0 Å². The number of thiophene rings is 4. The van der Waals surface area contributed by atoms with E-state index in [9.17, 15) is 0 Å². The first-order chi connectivity index (χ1) is 13.8. The summed E-state index contributed by atoms with van der Waals surface area (Å²) in [7, 11) is 0. The van der Waals surface area contributed by atoms with Crippen LogP contribution in [0.3, 0.4) is 0 Å². The van der Waals surface area contributed by atoms with Crippen LogP contribution >= 0.6 is 45.3 Å². The van der Waals surface area contributed by atoms with Crippen LogP contribution in [0.4, 0.5) is 0 Å². The predicted octanol–water partition coefficient (Wildman–Crippen LogP) is 8.41. The molecule has 0 aliphatic heterocycles. The molecule has 0 fully saturated rings. The molecular weight excluding hydrogens is 417 g/mol. The van der Waals surface area contributed by atoms with Crippen molar-refractivity contribution in [2.24, 2.45) is 0 Å². The summed E-state index contributed by atoms with van der Waals surface area (Å²) in [6.45, 7) is 0. The fourth-order valence-electron chi connectivity index (χ4n) is 4.35. The van der Waals surface area contributed by atoms with Gasteiger partial charge in [0.15, 0.2) is 0 Å². The lowest BCUT2D eigenvalue weighted by atomic mass is 10.1. The number of hydrogen-bond acceptors (Lipinski definition) is 4. The third-order valence-electron chi connectivity index (χ3n) is 5.74. The van der Waals surface area contributed by atoms with Gasteiger partial charge in [-0.05, 0) is 68.4 Å². The fourth-order valence-corrected chi connectivity index (χ4v) is 9.00. The molecule has 7 rings (SSSR count). The van der Waals surface area contributed by atoms with Crippen LogP contribution in [0.15, 0.2) is 59.3 Å². The van der Waals surface area contributed by atoms with Crippen LogP contribution in [-0.2, 0) is 12.8 Å². The second-order valence-electron chi connectivity index (χ2n) is 7.41. The molecule has 0 saturated carbocycles. The van der Waals surface area contributed by atoms with E-state index in [2.05, 4.69) is 59.3 Å². The van der Waals surface area contributed by atoms with Gasteiger partial charge in [-0.15, -0.1) is 45.3 Å². The highest BCUT2D eigenvalue weighted by molar-refractivity contribution is 7.24. The molecule has 0 N–H and O–H groups in total. The molecule has 0 spiro atoms. The minimum atomic E-state index is 1.11. The summed E-state index contributed by atoms with van der Waals surface area (Å²) in [5.74, 6) is 0. The molecule has 28 heavy (non-hydrogen) atoms. The van der Waals surface area contributed by atoms with Gasteiger partial charge in [-0.2, -0.15) is 0 Å². The summed E-state index contributed by atoms with van der Waals surface area (Å²) in [5.41, 5.74) is 8.71. The van der Waals surface area contributed by atoms with Crippen molar-refractivity contribution in [2.75, 3.05) is 0 Å². The minimum absolute atomic E-state index is 1.11. The van der Waals surface area contributed by atoms with E-state index in [4.69, 9.17) is 0 Å². The highest BCUT2D eigenvalue weighted by Gasteiger charge is 2.24. The van der Waals surface area contributed by atoms with Crippen LogP contribution in [0, 0.1) is 0 Å². The molecule has 0 nitrogen and oxygen atoms in total. The summed E-state index contributed by atoms with van der Waals surface area (Å²) in [4.78, 5) is 8.75. The van der Waals surface area contributed by atoms with Gasteiger partial charge >= 0.3 is 0 Å². The molecule has 2 aliphatic carbocycles. The van der Waals surface area contributed by atoms with Crippen LogP contribution in [0.5, 0.6) is 0 Å². The Hall–Kier alpha value is -1.98. The third kappa shape index (κ3) is 2.20. The average Bonchev–Trinajstić information content (AvgIpc) is 3.48. The molecule has 0 atom stereocenters. The van der Waals surface area contributed by atoms with E-state index in [0.29, 0.717) is 0 Å². The van der Waals surface area contributed by atoms with E-state index in [1.807, 2.05) is 45.3 Å². The maximum absolute atomic E-state index is 2.40. The number of rotatable bonds is 2. The van der Waals surface area contributed by atoms with E-state index in [-0.39, 0.29) is 0 Å². The van der Waals surface area contributed by atoms with Gasteiger partial charge in [0.1, 0.15) is 0 Å². The van der Waals surface area contributed by atoms with E-state index in [1.165, 1.54) is 62.6 Å². The molecule has 1 aromatic carbocycles. The number of benzene rings is 1. The molecule has 2 aliphatic rings. The summed E-state index contributed by atoms with van der Waals surface area (Å²) in [6.07, 6.45) is 2.21. The number of fused-ring (bicyclic) bond motifs is 6. The molecule has 4 heteroatoms. The average molecular weight is 431 g/mol. The normalized spacial score (nSPS) is 13.4. The smallest absolute Gasteiger partial charge is 0.0487 e. The van der Waals surface area contributed by atoms with E-state index >= 15 is 0 Å². The quantitative estimate of drug-likeness (QED) is 0.258. The van der Waals surface area contributed by atoms with Gasteiger partial charge in [-0.25, -0.2) is 0 Å². The van der Waals surface area contributed by atoms with Gasteiger partial charge in [-0.3, -0.25) is 0 Å². The highest BCUT2D eigenvalue weighted by Crippen LogP contribution is 2.49. The Morgan fingerprint density at radius 3 is 1.43 bits per heavy atom. The third-order valence-corrected chi connectivity index (χ3v) is 10.4. The summed E-state index contributed by atoms with van der Waals surface area (Å²) in [6, 6.07) is 18.6. The van der Waals surface area contributed by atoms with Gasteiger partial charge in [0.2, 0.25) is 0 Å². The lowest BCUT2D eigenvalue weighted by Crippen LogP contribution is -1.78. The van der Waals surface area contributed by atoms with Crippen molar-refractivity contribution in [1.82, 2.24) is 0 Å². The monoisotopic (exact) mass is 430 g/mol. The van der Waals surface area contributed by atoms with E-state index < -0.39 is 0 Å². The Bertz CT molecular complexity index is 1250. The lowest BCUT2D eigenvalue weighted by Gasteiger charge is -2.02. The lowest BCUT2D eigenvalue weighted by molar-refractivity contribution is 1.28. The Balaban J connectivity index is 1.23. The Morgan fingerprint density at radius 2 is 0.964 bits per heavy atom. The maximum Gasteiger partial charge on any atom is 0.0487 e. The summed E-state index contributed by atoms with van der Waals surface area (Å²) in [5, 5.41) is 4.44. The van der Waals surface area contributed by atoms with E-state index in [0.717, 1.165) is 12.8 Å². The molecule has 4 aromatic heterocycles. The summed E-state index contributed by atoms with van der Waals surface area (Å²) < 4.78 is 0. The van der Waals surface area contributed by atoms with Crippen molar-refractivity contribution in [3.8, 4) is 40.4 Å². The van der Waals surface area contributed by atoms with Crippen molar-refractivity contribution in [1.29, 1.82) is 0 Å². The zero-order valence-corrected chi connectivity index (χ0v) is 18.1. The molecule has 0 saturated heterocycles. The maximum atomic E-state index is 2.40. The molecular formula is C24H14S4. The first-order valence-electron chi connectivity index (χ1n) is 9.33. The first kappa shape index (κ1) is 15.9. The number of hydrogen-bond donors (Lipinski definition) is 0. The second-order valence-corrected chi connectivity index (χ2v) is 11.3. The minimum Gasteiger partial charge on any atom is -0.143 e. The SMILES string of the molecule is c1cc2c(s1)-c1sc(-c3ccc(-c4cc5c(s4)-c4sccc4C5)cc3)cc1C2. The molecule has 4 heterocycles. The Morgan fingerprint density at radius 1 is 0.500 bits per heavy atom. The van der Waals surface area contributed by atoms with Gasteiger partial charge in [0.05, 0.1) is 0 Å². The molecule has 0 bridgehead atoms. The van der Waals surface area contributed by atoms with E-state index in [1.54, 1.807) is 0 Å². The van der Waals surface area contributed by atoms with Gasteiger partial charge < -0.3 is 0 Å². The molecule has 5 aromatic rings. The van der Waals surface area contributed by atoms with Crippen molar-refractivity contribution < 1.29 is 0 Å². The van der Waals surface area contributed by atoms with Crippen LogP contribution in [-0.4, -0.2) is 0 Å². The van der Waals surface area contributed by atoms with Gasteiger partial charge in [0.25, 0.3) is 0 Å². The van der Waals surface area contributed by atoms with Gasteiger partial charge in [0, 0.05) is 42.1 Å². The molecule has 0 radical (unpaired) electrons. The second kappa shape index (κ2) is 5.77. The van der Waals surface area contributed by atoms with Crippen molar-refractivity contribution >= 4 is 45.3 Å². The molecule has 0 unspecified atom stereocenters. The fraction of sp³-hybridized carbons (Fsp3) is 0.0833. The Labute approximate surface area is 179 Å². The standard InChI is InChI=1S/C24H14S4/c1-2-14(20-12-18-10-16-6-8-26-22(16)24(18)28-20)4-3-13(1)19-11-17-9-15-5-7-25-21(15)23(17)27-19/h1-8,11-12H,9-10H2. The predicted molar refractivity (Wildman–Crippen MR) is 125 cm³/mol. The van der Waals surface area contributed by atoms with Crippen molar-refractivity contribution in [2.45, 2.75) is 12.8 Å². The topological polar surface area (TPSA) is 0 Å². The first-order valence-corrected chi connectivity index (χ1v) is 12.7. The zero-order chi connectivity index (χ0) is 18.2. The van der Waals surface area contributed by atoms with Crippen LogP contribution in [0.1, 0.15) is 22.3 Å². The molecule has 134 valence electrons. The zero-order valence-electron chi connectivity index (χ0n) is 14.8. The molecule has 0 amide bonds. The van der Waals surface area contributed by atoms with Crippen LogP contribution in [0.25, 0.3) is 40.4 Å².